The minimum atomic E-state index is -1.37. The number of carbonyl (C=O) groups is 1. The molecule has 2 atom stereocenters. The summed E-state index contributed by atoms with van der Waals surface area (Å²) in [5.74, 6) is 1.67. The van der Waals surface area contributed by atoms with E-state index in [-0.39, 0.29) is 12.5 Å². The van der Waals surface area contributed by atoms with Crippen LogP contribution in [-0.4, -0.2) is 77.0 Å². The number of aliphatic hydroxyl groups is 2. The molecule has 4 rings (SSSR count). The molecule has 8 heteroatoms. The minimum Gasteiger partial charge on any atom is -0.494 e. The Balaban J connectivity index is 1.29. The number of amides is 1. The molecule has 2 heterocycles. The van der Waals surface area contributed by atoms with Gasteiger partial charge in [0.25, 0.3) is 0 Å². The number of rotatable bonds is 10. The van der Waals surface area contributed by atoms with Crippen LogP contribution < -0.4 is 9.47 Å². The maximum Gasteiger partial charge on any atom is 0.222 e. The fourth-order valence-electron chi connectivity index (χ4n) is 5.00. The first-order valence-electron chi connectivity index (χ1n) is 12.8. The molecule has 2 aliphatic heterocycles. The molecule has 2 aromatic rings. The highest BCUT2D eigenvalue weighted by Crippen LogP contribution is 2.29. The van der Waals surface area contributed by atoms with Gasteiger partial charge in [-0.15, -0.1) is 0 Å². The zero-order chi connectivity index (χ0) is 25.7. The molecule has 2 aromatic carbocycles. The van der Waals surface area contributed by atoms with Crippen molar-refractivity contribution in [1.29, 1.82) is 0 Å². The lowest BCUT2D eigenvalue weighted by Gasteiger charge is -2.42. The van der Waals surface area contributed by atoms with E-state index in [9.17, 15) is 15.0 Å². The van der Waals surface area contributed by atoms with Crippen molar-refractivity contribution in [2.75, 3.05) is 39.4 Å². The highest BCUT2D eigenvalue weighted by molar-refractivity contribution is 6.32. The van der Waals surface area contributed by atoms with E-state index in [1.807, 2.05) is 55.1 Å². The topological polar surface area (TPSA) is 82.5 Å². The molecule has 0 spiro atoms. The van der Waals surface area contributed by atoms with Crippen LogP contribution in [0.4, 0.5) is 0 Å². The molecule has 0 bridgehead atoms. The summed E-state index contributed by atoms with van der Waals surface area (Å²) < 4.78 is 11.8. The Morgan fingerprint density at radius 1 is 1.11 bits per heavy atom. The predicted molar refractivity (Wildman–Crippen MR) is 140 cm³/mol. The van der Waals surface area contributed by atoms with Crippen molar-refractivity contribution < 1.29 is 24.5 Å². The van der Waals surface area contributed by atoms with Crippen molar-refractivity contribution in [3.8, 4) is 11.5 Å². The van der Waals surface area contributed by atoms with Crippen LogP contribution in [0.3, 0.4) is 0 Å². The normalized spacial score (nSPS) is 22.8. The Labute approximate surface area is 218 Å². The number of carbonyl (C=O) groups excluding carboxylic acids is 1. The largest absolute Gasteiger partial charge is 0.494 e. The molecule has 7 nitrogen and oxygen atoms in total. The van der Waals surface area contributed by atoms with Gasteiger partial charge in [0.15, 0.2) is 0 Å². The standard InChI is InChI=1S/C28H37ClN2O5/c1-20-14-24(15-21(2)27(20)29)36-19-28(34)18-30(12-9-25(28)32)17-22-6-3-7-23(16-22)35-13-5-11-31-10-4-8-26(31)33/h3,6-7,14-16,25,32,34H,4-5,8-13,17-19H2,1-2H3/t25-,28-/m0/s1. The number of ether oxygens (including phenoxy) is 2. The molecule has 1 amide bonds. The van der Waals surface area contributed by atoms with Crippen LogP contribution in [0.5, 0.6) is 11.5 Å². The van der Waals surface area contributed by atoms with Crippen LogP contribution in [-0.2, 0) is 11.3 Å². The summed E-state index contributed by atoms with van der Waals surface area (Å²) in [6, 6.07) is 11.6. The number of aliphatic hydroxyl groups excluding tert-OH is 1. The molecule has 0 saturated carbocycles. The van der Waals surface area contributed by atoms with Gasteiger partial charge in [-0.2, -0.15) is 0 Å². The van der Waals surface area contributed by atoms with E-state index in [0.29, 0.717) is 49.9 Å². The maximum absolute atomic E-state index is 11.7. The molecule has 0 unspecified atom stereocenters. The van der Waals surface area contributed by atoms with Crippen molar-refractivity contribution in [1.82, 2.24) is 9.80 Å². The average molecular weight is 517 g/mol. The highest BCUT2D eigenvalue weighted by Gasteiger charge is 2.42. The van der Waals surface area contributed by atoms with Crippen molar-refractivity contribution >= 4 is 17.5 Å². The lowest BCUT2D eigenvalue weighted by Crippen LogP contribution is -2.59. The molecular formula is C28H37ClN2O5. The van der Waals surface area contributed by atoms with E-state index in [4.69, 9.17) is 21.1 Å². The van der Waals surface area contributed by atoms with E-state index in [1.165, 1.54) is 0 Å². The second-order valence-electron chi connectivity index (χ2n) is 10.1. The van der Waals surface area contributed by atoms with Gasteiger partial charge in [-0.25, -0.2) is 0 Å². The third kappa shape index (κ3) is 6.71. The lowest BCUT2D eigenvalue weighted by molar-refractivity contribution is -0.140. The van der Waals surface area contributed by atoms with E-state index >= 15 is 0 Å². The quantitative estimate of drug-likeness (QED) is 0.468. The second-order valence-corrected chi connectivity index (χ2v) is 10.5. The molecule has 0 radical (unpaired) electrons. The maximum atomic E-state index is 11.7. The fourth-order valence-corrected chi connectivity index (χ4v) is 5.11. The van der Waals surface area contributed by atoms with Crippen LogP contribution >= 0.6 is 11.6 Å². The molecule has 2 saturated heterocycles. The van der Waals surface area contributed by atoms with Gasteiger partial charge in [-0.3, -0.25) is 9.69 Å². The number of likely N-dealkylation sites (tertiary alicyclic amines) is 2. The van der Waals surface area contributed by atoms with Crippen molar-refractivity contribution in [3.05, 3.63) is 58.1 Å². The number of hydrogen-bond donors (Lipinski definition) is 2. The molecule has 36 heavy (non-hydrogen) atoms. The van der Waals surface area contributed by atoms with Gasteiger partial charge in [0.05, 0.1) is 12.7 Å². The second kappa shape index (κ2) is 11.8. The summed E-state index contributed by atoms with van der Waals surface area (Å²) in [5.41, 5.74) is 1.53. The number of benzene rings is 2. The van der Waals surface area contributed by atoms with Crippen molar-refractivity contribution in [2.45, 2.75) is 57.8 Å². The van der Waals surface area contributed by atoms with Gasteiger partial charge in [-0.1, -0.05) is 23.7 Å². The first-order chi connectivity index (χ1) is 17.2. The minimum absolute atomic E-state index is 0.00610. The predicted octanol–water partition coefficient (Wildman–Crippen LogP) is 3.72. The van der Waals surface area contributed by atoms with E-state index < -0.39 is 11.7 Å². The number of piperidine rings is 1. The Bertz CT molecular complexity index is 1040. The van der Waals surface area contributed by atoms with Crippen molar-refractivity contribution in [2.24, 2.45) is 0 Å². The lowest BCUT2D eigenvalue weighted by atomic mass is 9.90. The SMILES string of the molecule is Cc1cc(OC[C@@]2(O)CN(Cc3cccc(OCCCN4CCCC4=O)c3)CC[C@@H]2O)cc(C)c1Cl. The van der Waals surface area contributed by atoms with Gasteiger partial charge in [0.1, 0.15) is 23.7 Å². The van der Waals surface area contributed by atoms with Gasteiger partial charge < -0.3 is 24.6 Å². The van der Waals surface area contributed by atoms with Crippen molar-refractivity contribution in [3.63, 3.8) is 0 Å². The molecule has 2 aliphatic rings. The summed E-state index contributed by atoms with van der Waals surface area (Å²) in [6.07, 6.45) is 2.03. The van der Waals surface area contributed by atoms with Crippen LogP contribution in [0.25, 0.3) is 0 Å². The summed E-state index contributed by atoms with van der Waals surface area (Å²) >= 11 is 6.25. The van der Waals surface area contributed by atoms with Gasteiger partial charge in [-0.05, 0) is 74.1 Å². The Hall–Kier alpha value is -2.32. The number of hydrogen-bond acceptors (Lipinski definition) is 6. The molecule has 196 valence electrons. The number of halogens is 1. The third-order valence-electron chi connectivity index (χ3n) is 7.05. The Morgan fingerprint density at radius 2 is 1.89 bits per heavy atom. The zero-order valence-corrected chi connectivity index (χ0v) is 22.0. The molecule has 2 N–H and O–H groups in total. The monoisotopic (exact) mass is 516 g/mol. The van der Waals surface area contributed by atoms with Crippen LogP contribution in [0, 0.1) is 13.8 Å². The number of nitrogens with zero attached hydrogens (tertiary/aromatic N) is 2. The smallest absolute Gasteiger partial charge is 0.222 e. The molecule has 2 fully saturated rings. The van der Waals surface area contributed by atoms with Crippen LogP contribution in [0.1, 0.15) is 42.4 Å². The number of β-amino-alcohol motifs (C(OH)–C–C–N with tert-alkyl or cyclic N) is 1. The van der Waals surface area contributed by atoms with Gasteiger partial charge in [0.2, 0.25) is 5.91 Å². The number of aryl methyl sites for hydroxylation is 2. The zero-order valence-electron chi connectivity index (χ0n) is 21.2. The highest BCUT2D eigenvalue weighted by atomic mass is 35.5. The van der Waals surface area contributed by atoms with Gasteiger partial charge >= 0.3 is 0 Å². The van der Waals surface area contributed by atoms with E-state index in [0.717, 1.165) is 48.4 Å². The van der Waals surface area contributed by atoms with E-state index in [1.54, 1.807) is 0 Å². The molecule has 0 aromatic heterocycles. The molecular weight excluding hydrogens is 480 g/mol. The van der Waals surface area contributed by atoms with Crippen LogP contribution in [0.15, 0.2) is 36.4 Å². The van der Waals surface area contributed by atoms with E-state index in [2.05, 4.69) is 4.90 Å². The summed E-state index contributed by atoms with van der Waals surface area (Å²) in [7, 11) is 0. The Kier molecular flexibility index (Phi) is 8.78. The fraction of sp³-hybridized carbons (Fsp3) is 0.536. The van der Waals surface area contributed by atoms with Crippen LogP contribution in [0.2, 0.25) is 5.02 Å². The summed E-state index contributed by atoms with van der Waals surface area (Å²) in [4.78, 5) is 15.8. The third-order valence-corrected chi connectivity index (χ3v) is 7.65. The first kappa shape index (κ1) is 26.7. The molecule has 0 aliphatic carbocycles. The first-order valence-corrected chi connectivity index (χ1v) is 13.1. The Morgan fingerprint density at radius 3 is 2.61 bits per heavy atom. The van der Waals surface area contributed by atoms with Gasteiger partial charge in [0, 0.05) is 44.2 Å². The summed E-state index contributed by atoms with van der Waals surface area (Å²) in [6.45, 7) is 7.60. The summed E-state index contributed by atoms with van der Waals surface area (Å²) in [5, 5.41) is 22.5. The average Bonchev–Trinajstić information content (AvgIpc) is 3.26.